The normalized spacial score (nSPS) is 27.6. The number of sulfonamides is 1. The molecule has 0 radical (unpaired) electrons. The highest BCUT2D eigenvalue weighted by atomic mass is 32.2. The summed E-state index contributed by atoms with van der Waals surface area (Å²) in [6.07, 6.45) is 7.22. The lowest BCUT2D eigenvalue weighted by molar-refractivity contribution is -0.140. The third-order valence-electron chi connectivity index (χ3n) is 10.4. The average molecular weight is 737 g/mol. The van der Waals surface area contributed by atoms with Crippen molar-refractivity contribution in [3.8, 4) is 5.88 Å². The lowest BCUT2D eigenvalue weighted by Crippen LogP contribution is -2.52. The molecule has 1 aromatic carbocycles. The van der Waals surface area contributed by atoms with Crippen LogP contribution in [-0.2, 0) is 24.4 Å². The minimum Gasteiger partial charge on any atom is -0.471 e. The van der Waals surface area contributed by atoms with Crippen molar-refractivity contribution < 1.29 is 41.2 Å². The van der Waals surface area contributed by atoms with Crippen molar-refractivity contribution in [3.63, 3.8) is 0 Å². The first-order valence-corrected chi connectivity index (χ1v) is 19.3. The zero-order valence-corrected chi connectivity index (χ0v) is 29.8. The molecule has 2 N–H and O–H groups in total. The molecule has 0 spiro atoms. The molecule has 16 heteroatoms. The quantitative estimate of drug-likeness (QED) is 0.337. The molecule has 1 saturated heterocycles. The Morgan fingerprint density at radius 1 is 1.06 bits per heavy atom. The number of hydrogen-bond donors (Lipinski definition) is 2. The molecule has 52 heavy (non-hydrogen) atoms. The van der Waals surface area contributed by atoms with E-state index < -0.39 is 68.2 Å². The van der Waals surface area contributed by atoms with Gasteiger partial charge in [0.15, 0.2) is 11.5 Å². The molecule has 3 fully saturated rings. The number of benzene rings is 1. The molecule has 4 aliphatic rings. The zero-order valence-electron chi connectivity index (χ0n) is 29.0. The molecule has 7 rings (SSSR count). The molecule has 3 amide bonds. The van der Waals surface area contributed by atoms with Gasteiger partial charge in [-0.15, -0.1) is 0 Å². The number of Topliss-reactive ketones (excluding diaryl/α,β-unsaturated/α-hetero) is 1. The summed E-state index contributed by atoms with van der Waals surface area (Å²) in [6.45, 7) is 3.28. The largest absolute Gasteiger partial charge is 0.471 e. The maximum absolute atomic E-state index is 14.5. The van der Waals surface area contributed by atoms with Gasteiger partial charge in [0.1, 0.15) is 29.4 Å². The highest BCUT2D eigenvalue weighted by Crippen LogP contribution is 2.57. The molecule has 0 unspecified atom stereocenters. The van der Waals surface area contributed by atoms with E-state index in [-0.39, 0.29) is 42.4 Å². The van der Waals surface area contributed by atoms with Gasteiger partial charge in [0.2, 0.25) is 27.7 Å². The predicted molar refractivity (Wildman–Crippen MR) is 184 cm³/mol. The number of nitrogens with one attached hydrogen (secondary N) is 2. The van der Waals surface area contributed by atoms with E-state index in [0.717, 1.165) is 12.8 Å². The van der Waals surface area contributed by atoms with Gasteiger partial charge in [-0.3, -0.25) is 23.9 Å². The second kappa shape index (κ2) is 14.0. The number of rotatable bonds is 7. The smallest absolute Gasteiger partial charge is 0.274 e. The van der Waals surface area contributed by atoms with Crippen LogP contribution in [0.4, 0.5) is 4.39 Å². The molecule has 5 atom stereocenters. The number of hydrogen-bond acceptors (Lipinski definition) is 11. The molecular weight excluding hydrogens is 695 g/mol. The molecule has 2 aromatic heterocycles. The van der Waals surface area contributed by atoms with E-state index in [1.54, 1.807) is 13.8 Å². The van der Waals surface area contributed by atoms with Crippen LogP contribution in [0.1, 0.15) is 86.2 Å². The Balaban J connectivity index is 1.19. The molecule has 2 aliphatic carbocycles. The van der Waals surface area contributed by atoms with Crippen LogP contribution < -0.4 is 14.8 Å². The van der Waals surface area contributed by atoms with Crippen LogP contribution in [0.5, 0.6) is 5.88 Å². The van der Waals surface area contributed by atoms with E-state index in [1.807, 2.05) is 12.2 Å². The fourth-order valence-electron chi connectivity index (χ4n) is 7.26. The number of carbonyl (C=O) groups excluding carboxylic acids is 4. The number of halogens is 1. The number of aryl methyl sites for hydroxylation is 2. The minimum atomic E-state index is -3.87. The SMILES string of the molecule is Cc1cc(C(=O)N[C@H]2CCCCC/C=C\[C@@H]3C[C@@]3(C(=O)NS(=O)(=O)C3CC3)CC(=O)[C@@H]3C[C@@H](Oc4nc5cc(F)ccc5nc4C)CN3C2=O)no1. The van der Waals surface area contributed by atoms with Crippen molar-refractivity contribution in [3.05, 3.63) is 59.4 Å². The van der Waals surface area contributed by atoms with Crippen molar-refractivity contribution in [2.24, 2.45) is 11.3 Å². The molecule has 2 aliphatic heterocycles. The first kappa shape index (κ1) is 35.7. The van der Waals surface area contributed by atoms with E-state index in [9.17, 15) is 32.0 Å². The van der Waals surface area contributed by atoms with E-state index in [0.29, 0.717) is 55.5 Å². The maximum Gasteiger partial charge on any atom is 0.274 e. The first-order valence-electron chi connectivity index (χ1n) is 17.7. The van der Waals surface area contributed by atoms with Crippen LogP contribution in [-0.4, -0.2) is 81.9 Å². The van der Waals surface area contributed by atoms with E-state index in [1.165, 1.54) is 29.2 Å². The number of allylic oxidation sites excluding steroid dienone is 2. The molecule has 0 bridgehead atoms. The van der Waals surface area contributed by atoms with Gasteiger partial charge >= 0.3 is 0 Å². The summed E-state index contributed by atoms with van der Waals surface area (Å²) in [7, 11) is -3.87. The Hall–Kier alpha value is -4.73. The second-order valence-electron chi connectivity index (χ2n) is 14.4. The third-order valence-corrected chi connectivity index (χ3v) is 12.2. The van der Waals surface area contributed by atoms with Crippen molar-refractivity contribution in [2.45, 2.75) is 101 Å². The number of ketones is 1. The van der Waals surface area contributed by atoms with E-state index in [4.69, 9.17) is 9.26 Å². The van der Waals surface area contributed by atoms with Crippen LogP contribution in [0.3, 0.4) is 0 Å². The summed E-state index contributed by atoms with van der Waals surface area (Å²) in [5.74, 6) is -2.54. The molecule has 14 nitrogen and oxygen atoms in total. The predicted octanol–water partition coefficient (Wildman–Crippen LogP) is 3.61. The maximum atomic E-state index is 14.5. The minimum absolute atomic E-state index is 0.0113. The Labute approximate surface area is 300 Å². The van der Waals surface area contributed by atoms with Crippen LogP contribution in [0, 0.1) is 31.0 Å². The topological polar surface area (TPSA) is 191 Å². The van der Waals surface area contributed by atoms with Gasteiger partial charge in [0.05, 0.1) is 34.3 Å². The van der Waals surface area contributed by atoms with Crippen molar-refractivity contribution in [1.29, 1.82) is 0 Å². The lowest BCUT2D eigenvalue weighted by atomic mass is 9.91. The van der Waals surface area contributed by atoms with Crippen molar-refractivity contribution in [1.82, 2.24) is 30.1 Å². The number of fused-ring (bicyclic) bond motifs is 3. The second-order valence-corrected chi connectivity index (χ2v) is 16.4. The summed E-state index contributed by atoms with van der Waals surface area (Å²) in [5, 5.41) is 5.96. The Kier molecular flexibility index (Phi) is 9.61. The Bertz CT molecular complexity index is 2070. The van der Waals surface area contributed by atoms with Crippen LogP contribution in [0.2, 0.25) is 0 Å². The van der Waals surface area contributed by atoms with Gasteiger partial charge in [0.25, 0.3) is 5.91 Å². The van der Waals surface area contributed by atoms with Gasteiger partial charge in [-0.25, -0.2) is 22.8 Å². The highest BCUT2D eigenvalue weighted by Gasteiger charge is 2.61. The highest BCUT2D eigenvalue weighted by molar-refractivity contribution is 7.90. The van der Waals surface area contributed by atoms with Gasteiger partial charge in [-0.1, -0.05) is 30.2 Å². The fraction of sp³-hybridized carbons (Fsp3) is 0.528. The van der Waals surface area contributed by atoms with Gasteiger partial charge in [-0.2, -0.15) is 0 Å². The fourth-order valence-corrected chi connectivity index (χ4v) is 8.65. The summed E-state index contributed by atoms with van der Waals surface area (Å²) >= 11 is 0. The summed E-state index contributed by atoms with van der Waals surface area (Å²) in [5.41, 5.74) is -0.108. The monoisotopic (exact) mass is 736 g/mol. The number of amides is 3. The average Bonchev–Trinajstić information content (AvgIpc) is 3.98. The third kappa shape index (κ3) is 7.43. The Morgan fingerprint density at radius 2 is 1.87 bits per heavy atom. The molecule has 3 aromatic rings. The number of ether oxygens (including phenoxy) is 1. The Morgan fingerprint density at radius 3 is 2.62 bits per heavy atom. The lowest BCUT2D eigenvalue weighted by Gasteiger charge is -2.29. The van der Waals surface area contributed by atoms with Gasteiger partial charge < -0.3 is 19.5 Å². The number of carbonyl (C=O) groups is 4. The molecule has 276 valence electrons. The van der Waals surface area contributed by atoms with E-state index >= 15 is 0 Å². The first-order chi connectivity index (χ1) is 24.8. The van der Waals surface area contributed by atoms with Crippen LogP contribution >= 0.6 is 0 Å². The summed E-state index contributed by atoms with van der Waals surface area (Å²) < 4.78 is 53.2. The van der Waals surface area contributed by atoms with Crippen molar-refractivity contribution >= 4 is 44.6 Å². The number of aromatic nitrogens is 3. The zero-order chi connectivity index (χ0) is 36.8. The van der Waals surface area contributed by atoms with Crippen LogP contribution in [0.25, 0.3) is 11.0 Å². The molecular formula is C36H41FN6O8S. The standard InChI is InChI=1S/C36H41FN6O8S/c1-20-14-29(41-51-20)32(45)39-27-9-7-5-3-4-6-8-22-17-36(22,35(47)42-52(48,49)25-11-12-25)18-31(44)30-16-24(19-43(30)34(27)46)50-33-21(2)38-26-13-10-23(37)15-28(26)40-33/h6,8,10,13-15,22,24-25,27,30H,3-5,7,9,11-12,16-19H2,1-2H3,(H,39,45)(H,42,47)/b8-6-/t22-,24-,27+,30+,36-/m1/s1. The van der Waals surface area contributed by atoms with Crippen LogP contribution in [0.15, 0.2) is 40.9 Å². The molecule has 4 heterocycles. The summed E-state index contributed by atoms with van der Waals surface area (Å²) in [6, 6.07) is 3.41. The van der Waals surface area contributed by atoms with Crippen molar-refractivity contribution in [2.75, 3.05) is 6.54 Å². The van der Waals surface area contributed by atoms with Gasteiger partial charge in [-0.05, 0) is 70.4 Å². The molecule has 2 saturated carbocycles. The number of nitrogens with zero attached hydrogens (tertiary/aromatic N) is 4. The van der Waals surface area contributed by atoms with Gasteiger partial charge in [0, 0.05) is 25.0 Å². The summed E-state index contributed by atoms with van der Waals surface area (Å²) in [4.78, 5) is 66.1. The van der Waals surface area contributed by atoms with E-state index in [2.05, 4.69) is 25.2 Å².